The molecule has 0 aliphatic heterocycles. The molecule has 0 aliphatic carbocycles. The zero-order chi connectivity index (χ0) is 68.8. The highest BCUT2D eigenvalue weighted by Crippen LogP contribution is 2.42. The number of nitrogens with zero attached hydrogens (tertiary/aromatic N) is 4. The third-order valence-electron chi connectivity index (χ3n) is 19.0. The Labute approximate surface area is 600 Å². The van der Waals surface area contributed by atoms with E-state index in [2.05, 4.69) is 458 Å². The zero-order valence-corrected chi connectivity index (χ0v) is 57.2. The summed E-state index contributed by atoms with van der Waals surface area (Å²) < 4.78 is 0. The molecule has 0 saturated carbocycles. The van der Waals surface area contributed by atoms with Gasteiger partial charge in [0.05, 0.1) is 0 Å². The largest absolute Gasteiger partial charge is 0.345 e. The van der Waals surface area contributed by atoms with E-state index >= 15 is 0 Å². The molecule has 0 fully saturated rings. The SMILES string of the molecule is CN(c1ccc(-c2ccc(N(c3cccc(-c4ccccc4)c3)c3cccc(-c4ccccc4)c3)cc2)cc1)c1cccc(-c2ccccc2)c1.CN(c1ccc(-c2ccccc2)cc1)c1ccc(-c2ccc(N(c3cccc(-c4ccccc4)c3)c3cccc(-c4ccccc4)c3)cc2)cc1. The zero-order valence-electron chi connectivity index (χ0n) is 57.2. The molecule has 0 bridgehead atoms. The van der Waals surface area contributed by atoms with Crippen LogP contribution in [-0.2, 0) is 0 Å². The van der Waals surface area contributed by atoms with Crippen molar-refractivity contribution in [3.05, 3.63) is 425 Å². The minimum absolute atomic E-state index is 1.10. The van der Waals surface area contributed by atoms with Crippen molar-refractivity contribution in [1.29, 1.82) is 0 Å². The molecule has 0 atom stereocenters. The second-order valence-corrected chi connectivity index (χ2v) is 25.5. The molecule has 0 radical (unpaired) electrons. The summed E-state index contributed by atoms with van der Waals surface area (Å²) in [6.07, 6.45) is 0. The molecule has 4 nitrogen and oxygen atoms in total. The molecule has 0 unspecified atom stereocenters. The Morgan fingerprint density at radius 1 is 0.118 bits per heavy atom. The van der Waals surface area contributed by atoms with E-state index in [-0.39, 0.29) is 0 Å². The fourth-order valence-corrected chi connectivity index (χ4v) is 13.4. The summed E-state index contributed by atoms with van der Waals surface area (Å²) in [6.45, 7) is 0. The van der Waals surface area contributed by atoms with Gasteiger partial charge >= 0.3 is 0 Å². The quantitative estimate of drug-likeness (QED) is 0.0849. The van der Waals surface area contributed by atoms with Gasteiger partial charge in [-0.25, -0.2) is 0 Å². The number of rotatable bonds is 18. The lowest BCUT2D eigenvalue weighted by Crippen LogP contribution is -2.10. The van der Waals surface area contributed by atoms with Gasteiger partial charge in [0, 0.05) is 71.0 Å². The maximum atomic E-state index is 2.35. The van der Waals surface area contributed by atoms with Crippen LogP contribution in [0.3, 0.4) is 0 Å². The molecule has 0 amide bonds. The van der Waals surface area contributed by atoms with Crippen molar-refractivity contribution < 1.29 is 0 Å². The number of hydrogen-bond donors (Lipinski definition) is 0. The minimum atomic E-state index is 1.10. The lowest BCUT2D eigenvalue weighted by molar-refractivity contribution is 1.21. The lowest BCUT2D eigenvalue weighted by Gasteiger charge is -2.27. The second kappa shape index (κ2) is 30.6. The van der Waals surface area contributed by atoms with Crippen molar-refractivity contribution in [1.82, 2.24) is 0 Å². The van der Waals surface area contributed by atoms with E-state index in [1.807, 2.05) is 0 Å². The fraction of sp³-hybridized carbons (Fsp3) is 0.0204. The van der Waals surface area contributed by atoms with Crippen LogP contribution in [0.25, 0.3) is 89.0 Å². The van der Waals surface area contributed by atoms with Crippen molar-refractivity contribution in [3.8, 4) is 89.0 Å². The number of benzene rings is 16. The van der Waals surface area contributed by atoms with E-state index in [1.165, 1.54) is 89.0 Å². The standard InChI is InChI=1S/2C49H38N2/c1-50(47-23-11-20-42(34-47)37-14-5-2-6-15-37)45-30-26-40(27-31-45)41-28-32-46(33-29-41)51(48-24-12-21-43(35-48)38-16-7-3-8-17-38)49-25-13-22-44(36-49)39-18-9-4-10-19-39;1-50(45-29-23-40(24-30-45)37-13-5-2-6-14-37)46-31-25-41(26-32-46)42-27-33-47(34-28-42)51(48-21-11-19-43(35-48)38-15-7-3-8-16-38)49-22-12-20-44(36-49)39-17-9-4-10-18-39/h2*2-36H,1H3. The predicted molar refractivity (Wildman–Crippen MR) is 435 cm³/mol. The van der Waals surface area contributed by atoms with Crippen LogP contribution in [0, 0.1) is 0 Å². The summed E-state index contributed by atoms with van der Waals surface area (Å²) in [7, 11) is 4.25. The average molecular weight is 1310 g/mol. The van der Waals surface area contributed by atoms with Gasteiger partial charge in [0.1, 0.15) is 0 Å². The Kier molecular flexibility index (Phi) is 19.4. The summed E-state index contributed by atoms with van der Waals surface area (Å²) in [5.41, 5.74) is 30.4. The fourth-order valence-electron chi connectivity index (χ4n) is 13.4. The molecular formula is C98H76N4. The normalized spacial score (nSPS) is 10.8. The van der Waals surface area contributed by atoms with Crippen LogP contribution in [-0.4, -0.2) is 14.1 Å². The van der Waals surface area contributed by atoms with Crippen LogP contribution in [0.4, 0.5) is 56.9 Å². The van der Waals surface area contributed by atoms with Crippen LogP contribution in [0.5, 0.6) is 0 Å². The van der Waals surface area contributed by atoms with Gasteiger partial charge < -0.3 is 19.6 Å². The Bertz CT molecular complexity index is 5200. The van der Waals surface area contributed by atoms with E-state index in [0.717, 1.165) is 56.9 Å². The first kappa shape index (κ1) is 64.7. The van der Waals surface area contributed by atoms with Gasteiger partial charge in [-0.05, 0) is 210 Å². The maximum absolute atomic E-state index is 2.35. The molecule has 0 saturated heterocycles. The molecule has 16 aromatic rings. The van der Waals surface area contributed by atoms with Gasteiger partial charge in [-0.15, -0.1) is 0 Å². The molecular weight excluding hydrogens is 1230 g/mol. The second-order valence-electron chi connectivity index (χ2n) is 25.5. The van der Waals surface area contributed by atoms with E-state index in [4.69, 9.17) is 0 Å². The Balaban J connectivity index is 0.000000165. The maximum Gasteiger partial charge on any atom is 0.0467 e. The van der Waals surface area contributed by atoms with Crippen LogP contribution in [0.15, 0.2) is 425 Å². The monoisotopic (exact) mass is 1310 g/mol. The molecule has 0 heterocycles. The predicted octanol–water partition coefficient (Wildman–Crippen LogP) is 27.2. The van der Waals surface area contributed by atoms with E-state index < -0.39 is 0 Å². The van der Waals surface area contributed by atoms with Crippen LogP contribution in [0.2, 0.25) is 0 Å². The molecule has 0 aromatic heterocycles. The van der Waals surface area contributed by atoms with Gasteiger partial charge in [0.2, 0.25) is 0 Å². The lowest BCUT2D eigenvalue weighted by atomic mass is 10.0. The van der Waals surface area contributed by atoms with Crippen molar-refractivity contribution in [3.63, 3.8) is 0 Å². The summed E-state index contributed by atoms with van der Waals surface area (Å²) in [6, 6.07) is 152. The Morgan fingerprint density at radius 3 is 0.500 bits per heavy atom. The van der Waals surface area contributed by atoms with Gasteiger partial charge in [0.15, 0.2) is 0 Å². The molecule has 16 rings (SSSR count). The highest BCUT2D eigenvalue weighted by Gasteiger charge is 2.19. The molecule has 102 heavy (non-hydrogen) atoms. The minimum Gasteiger partial charge on any atom is -0.345 e. The average Bonchev–Trinajstić information content (AvgIpc) is 0.793. The molecule has 0 aliphatic rings. The van der Waals surface area contributed by atoms with Crippen molar-refractivity contribution in [2.24, 2.45) is 0 Å². The van der Waals surface area contributed by atoms with E-state index in [0.29, 0.717) is 0 Å². The Hall–Kier alpha value is -13.3. The Morgan fingerprint density at radius 2 is 0.275 bits per heavy atom. The molecule has 488 valence electrons. The smallest absolute Gasteiger partial charge is 0.0467 e. The van der Waals surface area contributed by atoms with Crippen molar-refractivity contribution in [2.45, 2.75) is 0 Å². The van der Waals surface area contributed by atoms with Crippen molar-refractivity contribution >= 4 is 56.9 Å². The first-order chi connectivity index (χ1) is 50.4. The summed E-state index contributed by atoms with van der Waals surface area (Å²) in [4.78, 5) is 9.17. The van der Waals surface area contributed by atoms with Gasteiger partial charge in [0.25, 0.3) is 0 Å². The first-order valence-electron chi connectivity index (χ1n) is 34.8. The van der Waals surface area contributed by atoms with Crippen molar-refractivity contribution in [2.75, 3.05) is 33.7 Å². The molecule has 16 aromatic carbocycles. The van der Waals surface area contributed by atoms with Gasteiger partial charge in [-0.3, -0.25) is 0 Å². The third kappa shape index (κ3) is 14.9. The first-order valence-corrected chi connectivity index (χ1v) is 34.8. The number of hydrogen-bond acceptors (Lipinski definition) is 4. The van der Waals surface area contributed by atoms with Crippen LogP contribution >= 0.6 is 0 Å². The summed E-state index contributed by atoms with van der Waals surface area (Å²) in [5, 5.41) is 0. The van der Waals surface area contributed by atoms with E-state index in [1.54, 1.807) is 0 Å². The number of anilines is 10. The van der Waals surface area contributed by atoms with E-state index in [9.17, 15) is 0 Å². The van der Waals surface area contributed by atoms with Gasteiger partial charge in [-0.2, -0.15) is 0 Å². The topological polar surface area (TPSA) is 13.0 Å². The third-order valence-corrected chi connectivity index (χ3v) is 19.0. The highest BCUT2D eigenvalue weighted by atomic mass is 15.1. The summed E-state index contributed by atoms with van der Waals surface area (Å²) in [5.74, 6) is 0. The molecule has 4 heteroatoms. The molecule has 0 spiro atoms. The van der Waals surface area contributed by atoms with Crippen LogP contribution < -0.4 is 19.6 Å². The van der Waals surface area contributed by atoms with Gasteiger partial charge in [-0.1, -0.05) is 303 Å². The highest BCUT2D eigenvalue weighted by molar-refractivity contribution is 5.86. The van der Waals surface area contributed by atoms with Crippen LogP contribution in [0.1, 0.15) is 0 Å². The molecule has 0 N–H and O–H groups in total. The summed E-state index contributed by atoms with van der Waals surface area (Å²) >= 11 is 0.